The molecule has 0 heterocycles. The minimum atomic E-state index is -0.236. The van der Waals surface area contributed by atoms with E-state index < -0.39 is 0 Å². The summed E-state index contributed by atoms with van der Waals surface area (Å²) in [6.45, 7) is 3.65. The maximum Gasteiger partial charge on any atom is 0.305 e. The van der Waals surface area contributed by atoms with Gasteiger partial charge in [0.05, 0.1) is 20.8 Å². The van der Waals surface area contributed by atoms with Crippen molar-refractivity contribution in [3.05, 3.63) is 0 Å². The Labute approximate surface area is 108 Å². The quantitative estimate of drug-likeness (QED) is 0.409. The molecule has 0 amide bonds. The Bertz CT molecular complexity index is 231. The summed E-state index contributed by atoms with van der Waals surface area (Å²) in [5.74, 6) is -0.683. The Kier molecular flexibility index (Phi) is 14.0. The van der Waals surface area contributed by atoms with Gasteiger partial charge in [0.1, 0.15) is 0 Å². The number of carbonyl (C=O) groups excluding carboxylic acids is 3. The molecule has 0 aromatic rings. The lowest BCUT2D eigenvalue weighted by molar-refractivity contribution is -0.142. The van der Waals surface area contributed by atoms with Gasteiger partial charge >= 0.3 is 17.9 Å². The molecule has 0 rings (SSSR count). The van der Waals surface area contributed by atoms with Crippen molar-refractivity contribution >= 4 is 17.9 Å². The third kappa shape index (κ3) is 16.8. The van der Waals surface area contributed by atoms with Crippen molar-refractivity contribution in [1.29, 1.82) is 0 Å². The Hall–Kier alpha value is -1.59. The van der Waals surface area contributed by atoms with Crippen molar-refractivity contribution in [3.8, 4) is 0 Å². The van der Waals surface area contributed by atoms with E-state index in [0.29, 0.717) is 32.3 Å². The highest BCUT2D eigenvalue weighted by atomic mass is 16.5. The topological polar surface area (TPSA) is 78.9 Å². The monoisotopic (exact) mass is 262 g/mol. The highest BCUT2D eigenvalue weighted by Gasteiger charge is 2.02. The van der Waals surface area contributed by atoms with Crippen LogP contribution in [0.15, 0.2) is 0 Å². The first-order valence-corrected chi connectivity index (χ1v) is 5.74. The van der Waals surface area contributed by atoms with Crippen LogP contribution in [0, 0.1) is 0 Å². The maximum absolute atomic E-state index is 10.6. The lowest BCUT2D eigenvalue weighted by atomic mass is 10.2. The molecule has 0 N–H and O–H groups in total. The maximum atomic E-state index is 10.6. The van der Waals surface area contributed by atoms with Crippen molar-refractivity contribution in [3.63, 3.8) is 0 Å². The molecule has 0 aromatic carbocycles. The Morgan fingerprint density at radius 3 is 1.44 bits per heavy atom. The van der Waals surface area contributed by atoms with Gasteiger partial charge in [-0.1, -0.05) is 0 Å². The van der Waals surface area contributed by atoms with E-state index in [0.717, 1.165) is 0 Å². The predicted octanol–water partition coefficient (Wildman–Crippen LogP) is 1.46. The first kappa shape index (κ1) is 18.8. The van der Waals surface area contributed by atoms with E-state index in [2.05, 4.69) is 14.2 Å². The van der Waals surface area contributed by atoms with E-state index in [1.54, 1.807) is 6.92 Å². The van der Waals surface area contributed by atoms with Crippen molar-refractivity contribution in [2.75, 3.05) is 20.8 Å². The number of hydrogen-bond donors (Lipinski definition) is 0. The Morgan fingerprint density at radius 1 is 0.889 bits per heavy atom. The molecule has 0 bridgehead atoms. The average Bonchev–Trinajstić information content (AvgIpc) is 2.34. The molecule has 0 unspecified atom stereocenters. The predicted molar refractivity (Wildman–Crippen MR) is 64.8 cm³/mol. The number of rotatable bonds is 6. The minimum absolute atomic E-state index is 0.211. The number of carbonyl (C=O) groups is 3. The van der Waals surface area contributed by atoms with Crippen molar-refractivity contribution in [2.45, 2.75) is 39.5 Å². The minimum Gasteiger partial charge on any atom is -0.469 e. The van der Waals surface area contributed by atoms with Gasteiger partial charge in [-0.2, -0.15) is 0 Å². The van der Waals surface area contributed by atoms with Crippen molar-refractivity contribution in [1.82, 2.24) is 0 Å². The molecule has 0 aliphatic rings. The molecule has 0 spiro atoms. The molecule has 106 valence electrons. The van der Waals surface area contributed by atoms with Crippen LogP contribution >= 0.6 is 0 Å². The number of esters is 3. The Morgan fingerprint density at radius 2 is 1.28 bits per heavy atom. The molecule has 0 aliphatic carbocycles. The molecule has 6 heteroatoms. The van der Waals surface area contributed by atoms with Crippen LogP contribution in [0.5, 0.6) is 0 Å². The van der Waals surface area contributed by atoms with Gasteiger partial charge in [-0.15, -0.1) is 0 Å². The van der Waals surface area contributed by atoms with Crippen molar-refractivity contribution < 1.29 is 28.6 Å². The second kappa shape index (κ2) is 13.5. The van der Waals surface area contributed by atoms with Gasteiger partial charge in [0.25, 0.3) is 0 Å². The SMILES string of the molecule is CCOC(C)=O.COC(=O)CCCCC(=O)OC. The lowest BCUT2D eigenvalue weighted by Gasteiger charge is -1.98. The summed E-state index contributed by atoms with van der Waals surface area (Å²) >= 11 is 0. The van der Waals surface area contributed by atoms with Gasteiger partial charge in [0.2, 0.25) is 0 Å². The molecule has 0 aliphatic heterocycles. The molecular formula is C12H22O6. The number of ether oxygens (including phenoxy) is 3. The van der Waals surface area contributed by atoms with Gasteiger partial charge < -0.3 is 14.2 Å². The molecular weight excluding hydrogens is 240 g/mol. The van der Waals surface area contributed by atoms with Crippen LogP contribution in [-0.4, -0.2) is 38.7 Å². The average molecular weight is 262 g/mol. The number of hydrogen-bond acceptors (Lipinski definition) is 6. The van der Waals surface area contributed by atoms with Gasteiger partial charge in [0, 0.05) is 19.8 Å². The van der Waals surface area contributed by atoms with Crippen LogP contribution in [0.2, 0.25) is 0 Å². The second-order valence-electron chi connectivity index (χ2n) is 3.28. The normalized spacial score (nSPS) is 8.67. The first-order chi connectivity index (χ1) is 8.47. The summed E-state index contributed by atoms with van der Waals surface area (Å²) in [4.78, 5) is 31.0. The summed E-state index contributed by atoms with van der Waals surface area (Å²) in [5.41, 5.74) is 0. The third-order valence-electron chi connectivity index (χ3n) is 1.81. The first-order valence-electron chi connectivity index (χ1n) is 5.74. The van der Waals surface area contributed by atoms with E-state index in [-0.39, 0.29) is 17.9 Å². The summed E-state index contributed by atoms with van der Waals surface area (Å²) in [6.07, 6.45) is 2.07. The van der Waals surface area contributed by atoms with Crippen LogP contribution in [0.25, 0.3) is 0 Å². The van der Waals surface area contributed by atoms with E-state index >= 15 is 0 Å². The largest absolute Gasteiger partial charge is 0.469 e. The summed E-state index contributed by atoms with van der Waals surface area (Å²) < 4.78 is 13.3. The molecule has 0 aromatic heterocycles. The van der Waals surface area contributed by atoms with E-state index in [1.807, 2.05) is 0 Å². The zero-order chi connectivity index (χ0) is 14.4. The van der Waals surface area contributed by atoms with E-state index in [9.17, 15) is 14.4 Å². The van der Waals surface area contributed by atoms with Crippen LogP contribution in [0.3, 0.4) is 0 Å². The fourth-order valence-electron chi connectivity index (χ4n) is 0.946. The fraction of sp³-hybridized carbons (Fsp3) is 0.750. The lowest BCUT2D eigenvalue weighted by Crippen LogP contribution is -2.02. The zero-order valence-electron chi connectivity index (χ0n) is 11.5. The Balaban J connectivity index is 0. The standard InChI is InChI=1S/C8H14O4.C4H8O2/c1-11-7(9)5-3-4-6-8(10)12-2;1-3-6-4(2)5/h3-6H2,1-2H3;3H2,1-2H3. The number of methoxy groups -OCH3 is 2. The zero-order valence-corrected chi connectivity index (χ0v) is 11.5. The van der Waals surface area contributed by atoms with Gasteiger partial charge in [-0.25, -0.2) is 0 Å². The molecule has 0 fully saturated rings. The fourth-order valence-corrected chi connectivity index (χ4v) is 0.946. The van der Waals surface area contributed by atoms with E-state index in [4.69, 9.17) is 0 Å². The van der Waals surface area contributed by atoms with Gasteiger partial charge in [-0.05, 0) is 19.8 Å². The number of unbranched alkanes of at least 4 members (excludes halogenated alkanes) is 1. The van der Waals surface area contributed by atoms with Crippen LogP contribution in [0.4, 0.5) is 0 Å². The molecule has 0 atom stereocenters. The molecule has 18 heavy (non-hydrogen) atoms. The smallest absolute Gasteiger partial charge is 0.305 e. The summed E-state index contributed by atoms with van der Waals surface area (Å²) in [5, 5.41) is 0. The van der Waals surface area contributed by atoms with Crippen LogP contribution in [-0.2, 0) is 28.6 Å². The summed E-state index contributed by atoms with van der Waals surface area (Å²) in [6, 6.07) is 0. The van der Waals surface area contributed by atoms with E-state index in [1.165, 1.54) is 21.1 Å². The highest BCUT2D eigenvalue weighted by molar-refractivity contribution is 5.70. The van der Waals surface area contributed by atoms with Crippen LogP contribution < -0.4 is 0 Å². The van der Waals surface area contributed by atoms with Gasteiger partial charge in [0.15, 0.2) is 0 Å². The molecule has 6 nitrogen and oxygen atoms in total. The van der Waals surface area contributed by atoms with Gasteiger partial charge in [-0.3, -0.25) is 14.4 Å². The molecule has 0 radical (unpaired) electrons. The highest BCUT2D eigenvalue weighted by Crippen LogP contribution is 2.01. The summed E-state index contributed by atoms with van der Waals surface area (Å²) in [7, 11) is 2.70. The van der Waals surface area contributed by atoms with Crippen molar-refractivity contribution in [2.24, 2.45) is 0 Å². The molecule has 0 saturated carbocycles. The van der Waals surface area contributed by atoms with Crippen LogP contribution in [0.1, 0.15) is 39.5 Å². The molecule has 0 saturated heterocycles. The third-order valence-corrected chi connectivity index (χ3v) is 1.81. The second-order valence-corrected chi connectivity index (χ2v) is 3.28.